The van der Waals surface area contributed by atoms with Gasteiger partial charge in [0.25, 0.3) is 0 Å². The first-order chi connectivity index (χ1) is 14.6. The van der Waals surface area contributed by atoms with Crippen LogP contribution in [0.4, 0.5) is 0 Å². The SMILES string of the molecule is CCCNC(=O)CCCc1nnc(SCC2=CCCC(Cl)=C2)n1-c1cccc(Cl)c1. The number of benzene rings is 1. The number of carbonyl (C=O) groups excluding carboxylic acids is 1. The van der Waals surface area contributed by atoms with Gasteiger partial charge in [-0.1, -0.05) is 54.0 Å². The number of thioether (sulfide) groups is 1. The molecule has 8 heteroatoms. The Bertz CT molecular complexity index is 939. The van der Waals surface area contributed by atoms with Crippen molar-refractivity contribution in [1.82, 2.24) is 20.1 Å². The minimum absolute atomic E-state index is 0.0770. The van der Waals surface area contributed by atoms with Crippen LogP contribution in [-0.4, -0.2) is 33.0 Å². The molecule has 0 fully saturated rings. The Morgan fingerprint density at radius 2 is 2.17 bits per heavy atom. The van der Waals surface area contributed by atoms with Crippen LogP contribution in [-0.2, 0) is 11.2 Å². The lowest BCUT2D eigenvalue weighted by Crippen LogP contribution is -2.23. The lowest BCUT2D eigenvalue weighted by molar-refractivity contribution is -0.121. The van der Waals surface area contributed by atoms with Crippen molar-refractivity contribution in [3.05, 3.63) is 57.9 Å². The summed E-state index contributed by atoms with van der Waals surface area (Å²) in [6.07, 6.45) is 8.91. The third-order valence-corrected chi connectivity index (χ3v) is 6.18. The third kappa shape index (κ3) is 6.62. The van der Waals surface area contributed by atoms with Crippen molar-refractivity contribution < 1.29 is 4.79 Å². The highest BCUT2D eigenvalue weighted by atomic mass is 35.5. The van der Waals surface area contributed by atoms with E-state index in [9.17, 15) is 4.79 Å². The Morgan fingerprint density at radius 3 is 2.93 bits per heavy atom. The van der Waals surface area contributed by atoms with Gasteiger partial charge in [-0.25, -0.2) is 0 Å². The first-order valence-corrected chi connectivity index (χ1v) is 12.0. The number of carbonyl (C=O) groups is 1. The van der Waals surface area contributed by atoms with Crippen LogP contribution in [0.15, 0.2) is 52.2 Å². The molecule has 1 N–H and O–H groups in total. The van der Waals surface area contributed by atoms with Gasteiger partial charge in [0.2, 0.25) is 5.91 Å². The molecule has 0 aliphatic heterocycles. The average molecular weight is 465 g/mol. The van der Waals surface area contributed by atoms with Crippen molar-refractivity contribution in [3.63, 3.8) is 0 Å². The number of hydrogen-bond donors (Lipinski definition) is 1. The highest BCUT2D eigenvalue weighted by Gasteiger charge is 2.16. The molecule has 5 nitrogen and oxygen atoms in total. The van der Waals surface area contributed by atoms with Crippen LogP contribution in [0.1, 0.15) is 44.9 Å². The largest absolute Gasteiger partial charge is 0.356 e. The van der Waals surface area contributed by atoms with Crippen molar-refractivity contribution >= 4 is 40.9 Å². The maximum Gasteiger partial charge on any atom is 0.220 e. The topological polar surface area (TPSA) is 59.8 Å². The van der Waals surface area contributed by atoms with Crippen LogP contribution in [0.25, 0.3) is 5.69 Å². The smallest absolute Gasteiger partial charge is 0.220 e. The third-order valence-electron chi connectivity index (χ3n) is 4.64. The summed E-state index contributed by atoms with van der Waals surface area (Å²) in [6.45, 7) is 2.76. The zero-order valence-corrected chi connectivity index (χ0v) is 19.4. The first-order valence-electron chi connectivity index (χ1n) is 10.2. The summed E-state index contributed by atoms with van der Waals surface area (Å²) >= 11 is 14.0. The highest BCUT2D eigenvalue weighted by Crippen LogP contribution is 2.28. The van der Waals surface area contributed by atoms with E-state index < -0.39 is 0 Å². The van der Waals surface area contributed by atoms with E-state index in [-0.39, 0.29) is 5.91 Å². The molecule has 0 saturated heterocycles. The second kappa shape index (κ2) is 11.6. The number of allylic oxidation sites excluding steroid dienone is 3. The summed E-state index contributed by atoms with van der Waals surface area (Å²) < 4.78 is 2.04. The first kappa shape index (κ1) is 22.9. The zero-order valence-electron chi connectivity index (χ0n) is 17.0. The van der Waals surface area contributed by atoms with E-state index in [0.29, 0.717) is 30.8 Å². The molecule has 1 aliphatic carbocycles. The van der Waals surface area contributed by atoms with Gasteiger partial charge in [-0.3, -0.25) is 9.36 Å². The predicted octanol–water partition coefficient (Wildman–Crippen LogP) is 5.70. The summed E-state index contributed by atoms with van der Waals surface area (Å²) in [6, 6.07) is 7.66. The van der Waals surface area contributed by atoms with E-state index in [4.69, 9.17) is 23.2 Å². The second-order valence-electron chi connectivity index (χ2n) is 7.12. The number of aryl methyl sites for hydroxylation is 1. The van der Waals surface area contributed by atoms with Crippen LogP contribution in [0.3, 0.4) is 0 Å². The van der Waals surface area contributed by atoms with Gasteiger partial charge < -0.3 is 5.32 Å². The lowest BCUT2D eigenvalue weighted by atomic mass is 10.1. The van der Waals surface area contributed by atoms with Crippen LogP contribution in [0.5, 0.6) is 0 Å². The fourth-order valence-corrected chi connectivity index (χ4v) is 4.54. The van der Waals surface area contributed by atoms with Crippen LogP contribution < -0.4 is 5.32 Å². The fourth-order valence-electron chi connectivity index (χ4n) is 3.17. The zero-order chi connectivity index (χ0) is 21.3. The number of rotatable bonds is 10. The fraction of sp³-hybridized carbons (Fsp3) is 0.409. The van der Waals surface area contributed by atoms with Gasteiger partial charge in [0.05, 0.1) is 5.69 Å². The van der Waals surface area contributed by atoms with Gasteiger partial charge in [0.15, 0.2) is 5.16 Å². The van der Waals surface area contributed by atoms with Crippen LogP contribution in [0.2, 0.25) is 5.02 Å². The summed E-state index contributed by atoms with van der Waals surface area (Å²) in [7, 11) is 0. The Labute approximate surface area is 191 Å². The maximum absolute atomic E-state index is 11.9. The van der Waals surface area contributed by atoms with Gasteiger partial charge in [-0.05, 0) is 55.5 Å². The molecule has 30 heavy (non-hydrogen) atoms. The Morgan fingerprint density at radius 1 is 1.30 bits per heavy atom. The number of amides is 1. The van der Waals surface area contributed by atoms with Crippen LogP contribution >= 0.6 is 35.0 Å². The lowest BCUT2D eigenvalue weighted by Gasteiger charge is -2.12. The summed E-state index contributed by atoms with van der Waals surface area (Å²) in [4.78, 5) is 11.9. The Kier molecular flexibility index (Phi) is 8.85. The van der Waals surface area contributed by atoms with Crippen molar-refractivity contribution in [3.8, 4) is 5.69 Å². The molecule has 0 saturated carbocycles. The molecule has 0 spiro atoms. The predicted molar refractivity (Wildman–Crippen MR) is 125 cm³/mol. The summed E-state index contributed by atoms with van der Waals surface area (Å²) in [5.41, 5.74) is 2.12. The molecule has 1 amide bonds. The number of halogens is 2. The van der Waals surface area contributed by atoms with Gasteiger partial charge in [-0.2, -0.15) is 0 Å². The van der Waals surface area contributed by atoms with Crippen molar-refractivity contribution in [2.24, 2.45) is 0 Å². The number of nitrogens with one attached hydrogen (secondary N) is 1. The maximum atomic E-state index is 11.9. The second-order valence-corrected chi connectivity index (χ2v) is 8.98. The molecule has 1 aromatic carbocycles. The van der Waals surface area contributed by atoms with E-state index in [2.05, 4.69) is 21.6 Å². The van der Waals surface area contributed by atoms with Gasteiger partial charge in [0, 0.05) is 35.2 Å². The van der Waals surface area contributed by atoms with E-state index >= 15 is 0 Å². The number of nitrogens with zero attached hydrogens (tertiary/aromatic N) is 3. The van der Waals surface area contributed by atoms with Gasteiger partial charge in [-0.15, -0.1) is 10.2 Å². The monoisotopic (exact) mass is 464 g/mol. The van der Waals surface area contributed by atoms with Crippen molar-refractivity contribution in [1.29, 1.82) is 0 Å². The van der Waals surface area contributed by atoms with Crippen molar-refractivity contribution in [2.75, 3.05) is 12.3 Å². The molecule has 3 rings (SSSR count). The molecular formula is C22H26Cl2N4OS. The Balaban J connectivity index is 1.74. The van der Waals surface area contributed by atoms with Gasteiger partial charge in [0.1, 0.15) is 5.82 Å². The molecule has 1 aromatic heterocycles. The molecule has 0 radical (unpaired) electrons. The molecule has 1 heterocycles. The quantitative estimate of drug-likeness (QED) is 0.457. The van der Waals surface area contributed by atoms with E-state index in [1.54, 1.807) is 11.8 Å². The molecular weight excluding hydrogens is 439 g/mol. The van der Waals surface area contributed by atoms with Crippen LogP contribution in [0, 0.1) is 0 Å². The molecule has 1 aliphatic rings. The standard InChI is InChI=1S/C22H26Cl2N4OS/c1-2-12-25-21(29)11-5-10-20-26-27-22(28(20)19-9-4-8-18(24)14-19)30-15-16-6-3-7-17(23)13-16/h4,6,8-9,13-14H,2-3,5,7,10-12,15H2,1H3,(H,25,29). The van der Waals surface area contributed by atoms with E-state index in [1.165, 1.54) is 5.57 Å². The van der Waals surface area contributed by atoms with Gasteiger partial charge >= 0.3 is 0 Å². The molecule has 160 valence electrons. The molecule has 0 unspecified atom stereocenters. The van der Waals surface area contributed by atoms with E-state index in [1.807, 2.05) is 41.8 Å². The number of hydrogen-bond acceptors (Lipinski definition) is 4. The van der Waals surface area contributed by atoms with Crippen molar-refractivity contribution in [2.45, 2.75) is 50.6 Å². The summed E-state index contributed by atoms with van der Waals surface area (Å²) in [5, 5.41) is 14.1. The minimum Gasteiger partial charge on any atom is -0.356 e. The van der Waals surface area contributed by atoms with E-state index in [0.717, 1.165) is 46.7 Å². The average Bonchev–Trinajstić information content (AvgIpc) is 3.13. The Hall–Kier alpha value is -1.76. The number of aromatic nitrogens is 3. The summed E-state index contributed by atoms with van der Waals surface area (Å²) in [5.74, 6) is 1.68. The minimum atomic E-state index is 0.0770. The molecule has 0 atom stereocenters. The molecule has 0 bridgehead atoms. The highest BCUT2D eigenvalue weighted by molar-refractivity contribution is 7.99. The molecule has 2 aromatic rings. The normalized spacial score (nSPS) is 13.7.